The van der Waals surface area contributed by atoms with Gasteiger partial charge in [-0.1, -0.05) is 24.3 Å². The van der Waals surface area contributed by atoms with Crippen LogP contribution in [0, 0.1) is 0 Å². The van der Waals surface area contributed by atoms with E-state index in [0.717, 1.165) is 11.3 Å². The molecule has 0 atom stereocenters. The van der Waals surface area contributed by atoms with E-state index in [0.29, 0.717) is 13.2 Å². The van der Waals surface area contributed by atoms with E-state index >= 15 is 0 Å². The molecule has 0 bridgehead atoms. The van der Waals surface area contributed by atoms with Gasteiger partial charge in [-0.15, -0.1) is 12.4 Å². The lowest BCUT2D eigenvalue weighted by atomic mass is 10.3. The molecule has 2 nitrogen and oxygen atoms in total. The third-order valence-corrected chi connectivity index (χ3v) is 1.68. The largest absolute Gasteiger partial charge is 0.489 e. The molecule has 1 aromatic rings. The molecule has 0 amide bonds. The van der Waals surface area contributed by atoms with Crippen LogP contribution in [0.3, 0.4) is 0 Å². The lowest BCUT2D eigenvalue weighted by molar-refractivity contribution is 0.352. The summed E-state index contributed by atoms with van der Waals surface area (Å²) in [6.45, 7) is 3.20. The maximum absolute atomic E-state index is 5.50. The third-order valence-electron chi connectivity index (χ3n) is 1.68. The first-order chi connectivity index (χ1) is 6.33. The van der Waals surface area contributed by atoms with Gasteiger partial charge in [-0.3, -0.25) is 0 Å². The summed E-state index contributed by atoms with van der Waals surface area (Å²) >= 11 is 0. The topological polar surface area (TPSA) is 35.2 Å². The van der Waals surface area contributed by atoms with Crippen molar-refractivity contribution in [1.82, 2.24) is 0 Å². The average molecular weight is 214 g/mol. The number of nitrogens with two attached hydrogens (primary N) is 1. The zero-order valence-corrected chi connectivity index (χ0v) is 9.09. The van der Waals surface area contributed by atoms with Gasteiger partial charge in [0.1, 0.15) is 12.4 Å². The highest BCUT2D eigenvalue weighted by atomic mass is 35.5. The number of para-hydroxylation sites is 1. The third kappa shape index (κ3) is 4.90. The van der Waals surface area contributed by atoms with Crippen LogP contribution in [0.5, 0.6) is 5.75 Å². The highest BCUT2D eigenvalue weighted by Gasteiger charge is 1.91. The van der Waals surface area contributed by atoms with E-state index in [1.54, 1.807) is 0 Å². The molecular weight excluding hydrogens is 198 g/mol. The Balaban J connectivity index is 0.00000169. The van der Waals surface area contributed by atoms with Gasteiger partial charge in [0.15, 0.2) is 0 Å². The van der Waals surface area contributed by atoms with Crippen molar-refractivity contribution in [2.45, 2.75) is 6.92 Å². The van der Waals surface area contributed by atoms with Crippen LogP contribution in [-0.2, 0) is 0 Å². The number of hydrogen-bond acceptors (Lipinski definition) is 2. The van der Waals surface area contributed by atoms with Crippen molar-refractivity contribution in [3.8, 4) is 5.75 Å². The van der Waals surface area contributed by atoms with Gasteiger partial charge in [-0.05, 0) is 24.6 Å². The quantitative estimate of drug-likeness (QED) is 0.780. The molecule has 0 spiro atoms. The fourth-order valence-corrected chi connectivity index (χ4v) is 0.974. The van der Waals surface area contributed by atoms with Gasteiger partial charge in [0.05, 0.1) is 0 Å². The molecule has 0 heterocycles. The molecule has 0 saturated carbocycles. The van der Waals surface area contributed by atoms with Crippen LogP contribution in [0.1, 0.15) is 6.92 Å². The normalized spacial score (nSPS) is 10.6. The highest BCUT2D eigenvalue weighted by Crippen LogP contribution is 2.09. The lowest BCUT2D eigenvalue weighted by Crippen LogP contribution is -2.02. The second-order valence-corrected chi connectivity index (χ2v) is 2.89. The molecule has 0 aliphatic rings. The van der Waals surface area contributed by atoms with Crippen LogP contribution in [0.2, 0.25) is 0 Å². The molecule has 0 fully saturated rings. The first-order valence-electron chi connectivity index (χ1n) is 4.36. The van der Waals surface area contributed by atoms with Gasteiger partial charge in [0.25, 0.3) is 0 Å². The van der Waals surface area contributed by atoms with Gasteiger partial charge < -0.3 is 10.5 Å². The second-order valence-electron chi connectivity index (χ2n) is 2.89. The minimum Gasteiger partial charge on any atom is -0.489 e. The molecule has 3 heteroatoms. The number of hydrogen-bond donors (Lipinski definition) is 1. The Bertz CT molecular complexity index is 272. The Labute approximate surface area is 91.2 Å². The van der Waals surface area contributed by atoms with E-state index in [1.807, 2.05) is 43.3 Å². The van der Waals surface area contributed by atoms with Crippen molar-refractivity contribution in [3.05, 3.63) is 42.0 Å². The lowest BCUT2D eigenvalue weighted by Gasteiger charge is -2.05. The van der Waals surface area contributed by atoms with Gasteiger partial charge in [0, 0.05) is 6.54 Å². The van der Waals surface area contributed by atoms with Crippen LogP contribution < -0.4 is 10.5 Å². The Morgan fingerprint density at radius 2 is 2.00 bits per heavy atom. The summed E-state index contributed by atoms with van der Waals surface area (Å²) in [5, 5.41) is 0. The monoisotopic (exact) mass is 213 g/mol. The van der Waals surface area contributed by atoms with E-state index in [-0.39, 0.29) is 12.4 Å². The van der Waals surface area contributed by atoms with Crippen molar-refractivity contribution in [2.24, 2.45) is 5.73 Å². The van der Waals surface area contributed by atoms with Gasteiger partial charge in [-0.25, -0.2) is 0 Å². The molecule has 0 aromatic heterocycles. The summed E-state index contributed by atoms with van der Waals surface area (Å²) in [5.74, 6) is 0.896. The Hall–Kier alpha value is -0.990. The molecule has 0 saturated heterocycles. The van der Waals surface area contributed by atoms with Gasteiger partial charge >= 0.3 is 0 Å². The summed E-state index contributed by atoms with van der Waals surface area (Å²) < 4.78 is 5.50. The molecule has 0 unspecified atom stereocenters. The Kier molecular flexibility index (Phi) is 6.89. The summed E-state index contributed by atoms with van der Waals surface area (Å²) in [4.78, 5) is 0. The number of rotatable bonds is 4. The maximum atomic E-state index is 5.50. The zero-order chi connectivity index (χ0) is 9.52. The minimum absolute atomic E-state index is 0. The molecule has 14 heavy (non-hydrogen) atoms. The van der Waals surface area contributed by atoms with Crippen molar-refractivity contribution in [3.63, 3.8) is 0 Å². The predicted molar refractivity (Wildman–Crippen MR) is 62.0 cm³/mol. The van der Waals surface area contributed by atoms with Crippen LogP contribution in [0.4, 0.5) is 0 Å². The van der Waals surface area contributed by atoms with Crippen molar-refractivity contribution in [2.75, 3.05) is 13.2 Å². The standard InChI is InChI=1S/C11H15NO.ClH/c1-10(7-8-12)9-13-11-5-3-2-4-6-11;/h2-7H,8-9,12H2,1H3;1H. The second kappa shape index (κ2) is 7.42. The minimum atomic E-state index is 0. The van der Waals surface area contributed by atoms with Crippen LogP contribution in [-0.4, -0.2) is 13.2 Å². The predicted octanol–water partition coefficient (Wildman–Crippen LogP) is 2.39. The van der Waals surface area contributed by atoms with E-state index in [9.17, 15) is 0 Å². The molecule has 0 aliphatic heterocycles. The number of ether oxygens (including phenoxy) is 1. The molecular formula is C11H16ClNO. The Morgan fingerprint density at radius 1 is 1.36 bits per heavy atom. The van der Waals surface area contributed by atoms with Crippen molar-refractivity contribution in [1.29, 1.82) is 0 Å². The summed E-state index contributed by atoms with van der Waals surface area (Å²) in [6.07, 6.45) is 1.96. The van der Waals surface area contributed by atoms with Crippen LogP contribution >= 0.6 is 12.4 Å². The first kappa shape index (κ1) is 13.0. The van der Waals surface area contributed by atoms with E-state index in [4.69, 9.17) is 10.5 Å². The SMILES string of the molecule is CC(=CCN)COc1ccccc1.Cl. The van der Waals surface area contributed by atoms with E-state index in [2.05, 4.69) is 0 Å². The van der Waals surface area contributed by atoms with Gasteiger partial charge in [-0.2, -0.15) is 0 Å². The molecule has 2 N–H and O–H groups in total. The van der Waals surface area contributed by atoms with E-state index < -0.39 is 0 Å². The molecule has 1 rings (SSSR count). The fourth-order valence-electron chi connectivity index (χ4n) is 0.974. The number of benzene rings is 1. The van der Waals surface area contributed by atoms with Gasteiger partial charge in [0.2, 0.25) is 0 Å². The molecule has 1 aromatic carbocycles. The fraction of sp³-hybridized carbons (Fsp3) is 0.273. The Morgan fingerprint density at radius 3 is 2.57 bits per heavy atom. The zero-order valence-electron chi connectivity index (χ0n) is 8.27. The van der Waals surface area contributed by atoms with Crippen LogP contribution in [0.25, 0.3) is 0 Å². The molecule has 0 aliphatic carbocycles. The molecule has 78 valence electrons. The van der Waals surface area contributed by atoms with E-state index in [1.165, 1.54) is 0 Å². The average Bonchev–Trinajstić information content (AvgIpc) is 2.17. The van der Waals surface area contributed by atoms with Crippen molar-refractivity contribution < 1.29 is 4.74 Å². The molecule has 0 radical (unpaired) electrons. The number of halogens is 1. The summed E-state index contributed by atoms with van der Waals surface area (Å²) in [5.41, 5.74) is 6.53. The maximum Gasteiger partial charge on any atom is 0.119 e. The summed E-state index contributed by atoms with van der Waals surface area (Å²) in [6, 6.07) is 9.76. The highest BCUT2D eigenvalue weighted by molar-refractivity contribution is 5.85. The van der Waals surface area contributed by atoms with Crippen LogP contribution in [0.15, 0.2) is 42.0 Å². The smallest absolute Gasteiger partial charge is 0.119 e. The first-order valence-corrected chi connectivity index (χ1v) is 4.36. The summed E-state index contributed by atoms with van der Waals surface area (Å²) in [7, 11) is 0. The van der Waals surface area contributed by atoms with Crippen molar-refractivity contribution >= 4 is 12.4 Å².